The molecule has 0 bridgehead atoms. The molecule has 3 aromatic carbocycles. The lowest BCUT2D eigenvalue weighted by atomic mass is 10.1. The zero-order valence-corrected chi connectivity index (χ0v) is 18.1. The number of anilines is 2. The van der Waals surface area contributed by atoms with Crippen LogP contribution in [0.25, 0.3) is 0 Å². The van der Waals surface area contributed by atoms with E-state index in [2.05, 4.69) is 10.6 Å². The standard InChI is InChI=1S/C22H17Cl3N2O3/c1-13-17(23)3-2-4-20(13)27-22(29)14-5-8-16(9-6-14)30-12-21(28)26-15-7-10-18(24)19(25)11-15/h2-11H,12H2,1H3,(H,26,28)(H,27,29). The molecule has 154 valence electrons. The van der Waals surface area contributed by atoms with E-state index in [1.807, 2.05) is 6.92 Å². The summed E-state index contributed by atoms with van der Waals surface area (Å²) in [5.41, 5.74) is 2.40. The van der Waals surface area contributed by atoms with E-state index in [-0.39, 0.29) is 18.4 Å². The minimum absolute atomic E-state index is 0.201. The van der Waals surface area contributed by atoms with Crippen molar-refractivity contribution in [2.24, 2.45) is 0 Å². The van der Waals surface area contributed by atoms with Gasteiger partial charge in [-0.05, 0) is 67.1 Å². The van der Waals surface area contributed by atoms with Crippen molar-refractivity contribution < 1.29 is 14.3 Å². The van der Waals surface area contributed by atoms with Gasteiger partial charge in [0.25, 0.3) is 11.8 Å². The van der Waals surface area contributed by atoms with Crippen LogP contribution in [0.4, 0.5) is 11.4 Å². The van der Waals surface area contributed by atoms with Gasteiger partial charge in [0.15, 0.2) is 6.61 Å². The van der Waals surface area contributed by atoms with Crippen molar-refractivity contribution in [2.45, 2.75) is 6.92 Å². The van der Waals surface area contributed by atoms with Gasteiger partial charge in [0.2, 0.25) is 0 Å². The van der Waals surface area contributed by atoms with Crippen LogP contribution in [0, 0.1) is 6.92 Å². The summed E-state index contributed by atoms with van der Waals surface area (Å²) in [6, 6.07) is 16.6. The molecule has 0 saturated heterocycles. The molecule has 0 saturated carbocycles. The summed E-state index contributed by atoms with van der Waals surface area (Å²) in [6.45, 7) is 1.63. The lowest BCUT2D eigenvalue weighted by molar-refractivity contribution is -0.118. The van der Waals surface area contributed by atoms with Crippen LogP contribution in [-0.4, -0.2) is 18.4 Å². The van der Waals surface area contributed by atoms with Gasteiger partial charge in [0, 0.05) is 22.0 Å². The van der Waals surface area contributed by atoms with Crippen LogP contribution in [0.5, 0.6) is 5.75 Å². The van der Waals surface area contributed by atoms with Gasteiger partial charge in [-0.25, -0.2) is 0 Å². The molecule has 0 heterocycles. The molecule has 0 unspecified atom stereocenters. The number of carbonyl (C=O) groups excluding carboxylic acids is 2. The highest BCUT2D eigenvalue weighted by Crippen LogP contribution is 2.25. The molecule has 30 heavy (non-hydrogen) atoms. The molecule has 0 aliphatic carbocycles. The third kappa shape index (κ3) is 5.66. The fraction of sp³-hybridized carbons (Fsp3) is 0.0909. The molecule has 0 spiro atoms. The van der Waals surface area contributed by atoms with Crippen molar-refractivity contribution in [1.29, 1.82) is 0 Å². The average molecular weight is 464 g/mol. The third-order valence-electron chi connectivity index (χ3n) is 4.21. The van der Waals surface area contributed by atoms with E-state index in [1.165, 1.54) is 0 Å². The fourth-order valence-corrected chi connectivity index (χ4v) is 3.03. The number of amides is 2. The number of hydrogen-bond donors (Lipinski definition) is 2. The smallest absolute Gasteiger partial charge is 0.262 e. The van der Waals surface area contributed by atoms with Crippen LogP contribution in [-0.2, 0) is 4.79 Å². The molecule has 8 heteroatoms. The summed E-state index contributed by atoms with van der Waals surface area (Å²) < 4.78 is 5.46. The Morgan fingerprint density at radius 2 is 1.60 bits per heavy atom. The van der Waals surface area contributed by atoms with Crippen LogP contribution in [0.2, 0.25) is 15.1 Å². The van der Waals surface area contributed by atoms with Crippen molar-refractivity contribution in [3.05, 3.63) is 86.9 Å². The van der Waals surface area contributed by atoms with E-state index in [0.29, 0.717) is 37.8 Å². The maximum absolute atomic E-state index is 12.4. The molecule has 3 aromatic rings. The van der Waals surface area contributed by atoms with Gasteiger partial charge in [-0.15, -0.1) is 0 Å². The largest absolute Gasteiger partial charge is 0.484 e. The predicted octanol–water partition coefficient (Wildman–Crippen LogP) is 6.23. The molecule has 0 fully saturated rings. The Bertz CT molecular complexity index is 1090. The van der Waals surface area contributed by atoms with E-state index < -0.39 is 0 Å². The summed E-state index contributed by atoms with van der Waals surface area (Å²) >= 11 is 17.9. The summed E-state index contributed by atoms with van der Waals surface area (Å²) in [7, 11) is 0. The summed E-state index contributed by atoms with van der Waals surface area (Å²) in [5, 5.41) is 6.82. The Morgan fingerprint density at radius 3 is 2.30 bits per heavy atom. The van der Waals surface area contributed by atoms with E-state index in [1.54, 1.807) is 60.7 Å². The molecule has 0 aromatic heterocycles. The number of hydrogen-bond acceptors (Lipinski definition) is 3. The van der Waals surface area contributed by atoms with E-state index in [9.17, 15) is 9.59 Å². The second-order valence-electron chi connectivity index (χ2n) is 6.36. The molecule has 2 amide bonds. The van der Waals surface area contributed by atoms with Crippen LogP contribution in [0.1, 0.15) is 15.9 Å². The summed E-state index contributed by atoms with van der Waals surface area (Å²) in [4.78, 5) is 24.5. The van der Waals surface area contributed by atoms with Gasteiger partial charge in [0.05, 0.1) is 10.0 Å². The minimum Gasteiger partial charge on any atom is -0.484 e. The first kappa shape index (κ1) is 22.0. The molecular formula is C22H17Cl3N2O3. The van der Waals surface area contributed by atoms with Gasteiger partial charge in [0.1, 0.15) is 5.75 Å². The summed E-state index contributed by atoms with van der Waals surface area (Å²) in [5.74, 6) is -0.175. The first-order valence-electron chi connectivity index (χ1n) is 8.87. The number of halogens is 3. The first-order chi connectivity index (χ1) is 14.3. The molecule has 5 nitrogen and oxygen atoms in total. The van der Waals surface area contributed by atoms with E-state index in [4.69, 9.17) is 39.5 Å². The zero-order valence-electron chi connectivity index (χ0n) is 15.8. The monoisotopic (exact) mass is 462 g/mol. The molecule has 0 aliphatic heterocycles. The zero-order chi connectivity index (χ0) is 21.7. The highest BCUT2D eigenvalue weighted by atomic mass is 35.5. The second kappa shape index (κ2) is 9.85. The highest BCUT2D eigenvalue weighted by Gasteiger charge is 2.10. The Kier molecular flexibility index (Phi) is 7.21. The van der Waals surface area contributed by atoms with Crippen molar-refractivity contribution >= 4 is 58.0 Å². The Hall–Kier alpha value is -2.73. The van der Waals surface area contributed by atoms with Crippen molar-refractivity contribution in [1.82, 2.24) is 0 Å². The van der Waals surface area contributed by atoms with Gasteiger partial charge in [-0.3, -0.25) is 9.59 Å². The van der Waals surface area contributed by atoms with Crippen molar-refractivity contribution in [2.75, 3.05) is 17.2 Å². The van der Waals surface area contributed by atoms with Crippen LogP contribution >= 0.6 is 34.8 Å². The van der Waals surface area contributed by atoms with Gasteiger partial charge in [-0.1, -0.05) is 40.9 Å². The van der Waals surface area contributed by atoms with Crippen molar-refractivity contribution in [3.8, 4) is 5.75 Å². The number of carbonyl (C=O) groups is 2. The van der Waals surface area contributed by atoms with Crippen LogP contribution in [0.15, 0.2) is 60.7 Å². The maximum atomic E-state index is 12.4. The fourth-order valence-electron chi connectivity index (χ4n) is 2.56. The number of nitrogens with one attached hydrogen (secondary N) is 2. The lowest BCUT2D eigenvalue weighted by Crippen LogP contribution is -2.20. The molecular weight excluding hydrogens is 447 g/mol. The maximum Gasteiger partial charge on any atom is 0.262 e. The molecule has 0 atom stereocenters. The Labute approximate surface area is 188 Å². The molecule has 0 radical (unpaired) electrons. The minimum atomic E-state index is -0.355. The van der Waals surface area contributed by atoms with Crippen LogP contribution in [0.3, 0.4) is 0 Å². The van der Waals surface area contributed by atoms with Gasteiger partial charge >= 0.3 is 0 Å². The van der Waals surface area contributed by atoms with Crippen molar-refractivity contribution in [3.63, 3.8) is 0 Å². The average Bonchev–Trinajstić information content (AvgIpc) is 2.73. The van der Waals surface area contributed by atoms with Gasteiger partial charge < -0.3 is 15.4 Å². The van der Waals surface area contributed by atoms with E-state index in [0.717, 1.165) is 5.56 Å². The normalized spacial score (nSPS) is 10.4. The second-order valence-corrected chi connectivity index (χ2v) is 7.58. The summed E-state index contributed by atoms with van der Waals surface area (Å²) in [6.07, 6.45) is 0. The number of rotatable bonds is 6. The van der Waals surface area contributed by atoms with Gasteiger partial charge in [-0.2, -0.15) is 0 Å². The molecule has 2 N–H and O–H groups in total. The molecule has 0 aliphatic rings. The third-order valence-corrected chi connectivity index (χ3v) is 5.35. The Morgan fingerprint density at radius 1 is 0.867 bits per heavy atom. The topological polar surface area (TPSA) is 67.4 Å². The Balaban J connectivity index is 1.55. The number of benzene rings is 3. The number of ether oxygens (including phenoxy) is 1. The quantitative estimate of drug-likeness (QED) is 0.456. The molecule has 3 rings (SSSR count). The SMILES string of the molecule is Cc1c(Cl)cccc1NC(=O)c1ccc(OCC(=O)Nc2ccc(Cl)c(Cl)c2)cc1. The highest BCUT2D eigenvalue weighted by molar-refractivity contribution is 6.42. The van der Waals surface area contributed by atoms with Crippen LogP contribution < -0.4 is 15.4 Å². The first-order valence-corrected chi connectivity index (χ1v) is 10.0. The lowest BCUT2D eigenvalue weighted by Gasteiger charge is -2.11. The van der Waals surface area contributed by atoms with E-state index >= 15 is 0 Å². The predicted molar refractivity (Wildman–Crippen MR) is 121 cm³/mol.